The number of phenols is 1. The second kappa shape index (κ2) is 7.10. The van der Waals surface area contributed by atoms with Crippen LogP contribution in [-0.4, -0.2) is 27.1 Å². The quantitative estimate of drug-likeness (QED) is 0.384. The molecule has 4 rings (SSSR count). The maximum atomic E-state index is 12.9. The number of aliphatic hydroxyl groups excluding tert-OH is 1. The van der Waals surface area contributed by atoms with Crippen molar-refractivity contribution in [3.8, 4) is 5.75 Å². The van der Waals surface area contributed by atoms with Gasteiger partial charge in [-0.2, -0.15) is 0 Å². The molecule has 29 heavy (non-hydrogen) atoms. The van der Waals surface area contributed by atoms with Crippen molar-refractivity contribution in [1.29, 1.82) is 0 Å². The summed E-state index contributed by atoms with van der Waals surface area (Å²) >= 11 is 5.90. The number of aromatic hydroxyl groups is 1. The number of Topliss-reactive ketones (excluding diaryl/α,β-unsaturated/α-hetero) is 1. The lowest BCUT2D eigenvalue weighted by Crippen LogP contribution is -2.29. The van der Waals surface area contributed by atoms with E-state index in [1.807, 2.05) is 0 Å². The van der Waals surface area contributed by atoms with Gasteiger partial charge in [-0.1, -0.05) is 28.9 Å². The average molecular weight is 411 g/mol. The van der Waals surface area contributed by atoms with E-state index >= 15 is 0 Å². The lowest BCUT2D eigenvalue weighted by atomic mass is 9.95. The number of nitrogens with zero attached hydrogens (tertiary/aromatic N) is 2. The van der Waals surface area contributed by atoms with Crippen LogP contribution in [0.15, 0.2) is 64.7 Å². The number of amides is 1. The molecule has 2 aromatic carbocycles. The van der Waals surface area contributed by atoms with Gasteiger partial charge in [0, 0.05) is 16.7 Å². The molecule has 0 bridgehead atoms. The first kappa shape index (κ1) is 18.8. The number of benzene rings is 2. The van der Waals surface area contributed by atoms with E-state index in [2.05, 4.69) is 5.16 Å². The zero-order chi connectivity index (χ0) is 20.7. The molecule has 1 unspecified atom stereocenters. The lowest BCUT2D eigenvalue weighted by Gasteiger charge is -2.22. The smallest absolute Gasteiger partial charge is 0.301 e. The minimum Gasteiger partial charge on any atom is -0.508 e. The number of halogens is 1. The molecule has 1 saturated heterocycles. The highest BCUT2D eigenvalue weighted by atomic mass is 35.5. The predicted octanol–water partition coefficient (Wildman–Crippen LogP) is 3.97. The maximum Gasteiger partial charge on any atom is 0.301 e. The molecule has 1 aromatic heterocycles. The normalized spacial score (nSPS) is 18.4. The van der Waals surface area contributed by atoms with E-state index in [9.17, 15) is 19.8 Å². The molecule has 8 heteroatoms. The van der Waals surface area contributed by atoms with Crippen LogP contribution in [0.25, 0.3) is 5.76 Å². The molecule has 2 N–H and O–H groups in total. The number of anilines is 1. The highest BCUT2D eigenvalue weighted by molar-refractivity contribution is 6.51. The predicted molar refractivity (Wildman–Crippen MR) is 106 cm³/mol. The van der Waals surface area contributed by atoms with Gasteiger partial charge in [0.2, 0.25) is 0 Å². The van der Waals surface area contributed by atoms with Gasteiger partial charge in [-0.3, -0.25) is 14.5 Å². The molecular formula is C21H15ClN2O5. The number of aromatic nitrogens is 1. The Labute approximate surface area is 170 Å². The molecule has 146 valence electrons. The Bertz CT molecular complexity index is 1130. The van der Waals surface area contributed by atoms with Crippen molar-refractivity contribution in [3.63, 3.8) is 0 Å². The van der Waals surface area contributed by atoms with Gasteiger partial charge >= 0.3 is 5.91 Å². The third-order valence-corrected chi connectivity index (χ3v) is 4.89. The summed E-state index contributed by atoms with van der Waals surface area (Å²) < 4.78 is 5.07. The summed E-state index contributed by atoms with van der Waals surface area (Å²) in [4.78, 5) is 26.9. The summed E-state index contributed by atoms with van der Waals surface area (Å²) in [6, 6.07) is 12.8. The van der Waals surface area contributed by atoms with Gasteiger partial charge in [-0.25, -0.2) is 0 Å². The van der Waals surface area contributed by atoms with Crippen LogP contribution < -0.4 is 4.90 Å². The van der Waals surface area contributed by atoms with Crippen LogP contribution in [0.1, 0.15) is 22.9 Å². The monoisotopic (exact) mass is 410 g/mol. The molecule has 1 atom stereocenters. The molecule has 0 radical (unpaired) electrons. The first-order valence-corrected chi connectivity index (χ1v) is 9.04. The number of aliphatic hydroxyl groups is 1. The van der Waals surface area contributed by atoms with Gasteiger partial charge in [-0.05, 0) is 48.9 Å². The Morgan fingerprint density at radius 3 is 2.34 bits per heavy atom. The Hall–Kier alpha value is -3.58. The summed E-state index contributed by atoms with van der Waals surface area (Å²) in [6.45, 7) is 1.66. The number of carbonyl (C=O) groups is 2. The summed E-state index contributed by atoms with van der Waals surface area (Å²) in [5, 5.41) is 24.8. The molecule has 0 aliphatic carbocycles. The standard InChI is InChI=1S/C21H15ClN2O5/c1-11-10-16(23-29-11)24-18(12-4-8-15(25)9-5-12)17(20(27)21(24)28)19(26)13-2-6-14(22)7-3-13/h2-10,18,25-26H,1H3. The number of aryl methyl sites for hydroxylation is 1. The van der Waals surface area contributed by atoms with Gasteiger partial charge in [0.15, 0.2) is 5.82 Å². The summed E-state index contributed by atoms with van der Waals surface area (Å²) in [7, 11) is 0. The Balaban J connectivity index is 1.93. The van der Waals surface area contributed by atoms with Gasteiger partial charge < -0.3 is 14.7 Å². The van der Waals surface area contributed by atoms with E-state index < -0.39 is 17.7 Å². The molecular weight excluding hydrogens is 396 g/mol. The van der Waals surface area contributed by atoms with E-state index in [4.69, 9.17) is 16.1 Å². The van der Waals surface area contributed by atoms with Gasteiger partial charge in [0.1, 0.15) is 17.3 Å². The van der Waals surface area contributed by atoms with Crippen LogP contribution >= 0.6 is 11.6 Å². The minimum absolute atomic E-state index is 0.0284. The van der Waals surface area contributed by atoms with E-state index in [0.717, 1.165) is 0 Å². The van der Waals surface area contributed by atoms with E-state index in [1.165, 1.54) is 23.1 Å². The van der Waals surface area contributed by atoms with Gasteiger partial charge in [-0.15, -0.1) is 0 Å². The minimum atomic E-state index is -0.948. The molecule has 0 saturated carbocycles. The molecule has 1 aliphatic rings. The number of hydrogen-bond donors (Lipinski definition) is 2. The third kappa shape index (κ3) is 3.25. The fraction of sp³-hybridized carbons (Fsp3) is 0.0952. The number of rotatable bonds is 3. The second-order valence-corrected chi connectivity index (χ2v) is 7.00. The van der Waals surface area contributed by atoms with Gasteiger partial charge in [0.25, 0.3) is 5.78 Å². The average Bonchev–Trinajstić information content (AvgIpc) is 3.24. The summed E-state index contributed by atoms with van der Waals surface area (Å²) in [5.74, 6) is -1.38. The van der Waals surface area contributed by atoms with Crippen molar-refractivity contribution in [3.05, 3.63) is 82.1 Å². The Morgan fingerprint density at radius 1 is 1.10 bits per heavy atom. The van der Waals surface area contributed by atoms with E-state index in [-0.39, 0.29) is 22.9 Å². The van der Waals surface area contributed by atoms with Crippen LogP contribution in [0.5, 0.6) is 5.75 Å². The summed E-state index contributed by atoms with van der Waals surface area (Å²) in [5.41, 5.74) is 0.759. The molecule has 1 fully saturated rings. The van der Waals surface area contributed by atoms with Crippen molar-refractivity contribution in [2.75, 3.05) is 4.90 Å². The number of phenolic OH excluding ortho intramolecular Hbond substituents is 1. The van der Waals surface area contributed by atoms with Crippen LogP contribution in [0.4, 0.5) is 5.82 Å². The van der Waals surface area contributed by atoms with E-state index in [1.54, 1.807) is 43.3 Å². The number of ketones is 1. The summed E-state index contributed by atoms with van der Waals surface area (Å²) in [6.07, 6.45) is 0. The SMILES string of the molecule is Cc1cc(N2C(=O)C(=O)C(=C(O)c3ccc(Cl)cc3)C2c2ccc(O)cc2)no1. The Kier molecular flexibility index (Phi) is 4.60. The molecule has 0 spiro atoms. The Morgan fingerprint density at radius 2 is 1.76 bits per heavy atom. The number of hydrogen-bond acceptors (Lipinski definition) is 6. The molecule has 7 nitrogen and oxygen atoms in total. The lowest BCUT2D eigenvalue weighted by molar-refractivity contribution is -0.132. The van der Waals surface area contributed by atoms with Crippen molar-refractivity contribution in [2.45, 2.75) is 13.0 Å². The third-order valence-electron chi connectivity index (χ3n) is 4.63. The van der Waals surface area contributed by atoms with Crippen molar-refractivity contribution in [2.24, 2.45) is 0 Å². The second-order valence-electron chi connectivity index (χ2n) is 6.56. The zero-order valence-electron chi connectivity index (χ0n) is 15.2. The fourth-order valence-electron chi connectivity index (χ4n) is 3.27. The van der Waals surface area contributed by atoms with Crippen LogP contribution in [0, 0.1) is 6.92 Å². The van der Waals surface area contributed by atoms with Crippen LogP contribution in [0.3, 0.4) is 0 Å². The van der Waals surface area contributed by atoms with Crippen molar-refractivity contribution >= 4 is 34.9 Å². The molecule has 2 heterocycles. The van der Waals surface area contributed by atoms with Crippen LogP contribution in [-0.2, 0) is 9.59 Å². The van der Waals surface area contributed by atoms with Crippen molar-refractivity contribution < 1.29 is 24.3 Å². The number of carbonyl (C=O) groups excluding carboxylic acids is 2. The van der Waals surface area contributed by atoms with E-state index in [0.29, 0.717) is 21.9 Å². The van der Waals surface area contributed by atoms with Crippen molar-refractivity contribution in [1.82, 2.24) is 5.16 Å². The highest BCUT2D eigenvalue weighted by Gasteiger charge is 2.48. The first-order valence-electron chi connectivity index (χ1n) is 8.66. The first-order chi connectivity index (χ1) is 13.9. The largest absolute Gasteiger partial charge is 0.508 e. The molecule has 3 aromatic rings. The molecule has 1 aliphatic heterocycles. The topological polar surface area (TPSA) is 104 Å². The highest BCUT2D eigenvalue weighted by Crippen LogP contribution is 2.42. The van der Waals surface area contributed by atoms with Gasteiger partial charge in [0.05, 0.1) is 11.6 Å². The van der Waals surface area contributed by atoms with Crippen LogP contribution in [0.2, 0.25) is 5.02 Å². The molecule has 1 amide bonds. The fourth-order valence-corrected chi connectivity index (χ4v) is 3.40. The zero-order valence-corrected chi connectivity index (χ0v) is 15.9. The maximum absolute atomic E-state index is 12.9.